The fourth-order valence-corrected chi connectivity index (χ4v) is 7.24. The first-order valence-electron chi connectivity index (χ1n) is 14.9. The zero-order chi connectivity index (χ0) is 27.7. The van der Waals surface area contributed by atoms with Crippen molar-refractivity contribution >= 4 is 17.2 Å². The monoisotopic (exact) mass is 558 g/mol. The van der Waals surface area contributed by atoms with Crippen molar-refractivity contribution in [1.82, 2.24) is 19.7 Å². The highest BCUT2D eigenvalue weighted by Gasteiger charge is 2.41. The SMILES string of the molecule is C[C@@H]1CN(C2(C)CCN(C(=O)c3sccc3OCC3CC3)CC2)CCN1[C@@H](C)c1ccc(-c2ccncc2)cc1. The molecule has 1 amide bonds. The Morgan fingerprint density at radius 3 is 2.40 bits per heavy atom. The third-order valence-corrected chi connectivity index (χ3v) is 10.4. The number of ether oxygens (including phenoxy) is 1. The van der Waals surface area contributed by atoms with Gasteiger partial charge in [-0.05, 0) is 92.6 Å². The van der Waals surface area contributed by atoms with E-state index in [0.717, 1.165) is 62.8 Å². The number of carbonyl (C=O) groups excluding carboxylic acids is 1. The first-order chi connectivity index (χ1) is 19.4. The summed E-state index contributed by atoms with van der Waals surface area (Å²) in [5.41, 5.74) is 3.93. The number of nitrogens with zero attached hydrogens (tertiary/aromatic N) is 4. The van der Waals surface area contributed by atoms with Crippen LogP contribution in [0.15, 0.2) is 60.2 Å². The molecule has 4 heterocycles. The molecular formula is C33H42N4O2S. The minimum absolute atomic E-state index is 0.132. The molecule has 1 aromatic carbocycles. The number of aromatic nitrogens is 1. The van der Waals surface area contributed by atoms with Crippen molar-refractivity contribution in [2.75, 3.05) is 39.3 Å². The zero-order valence-corrected chi connectivity index (χ0v) is 24.9. The third kappa shape index (κ3) is 5.83. The van der Waals surface area contributed by atoms with Gasteiger partial charge >= 0.3 is 0 Å². The van der Waals surface area contributed by atoms with E-state index in [4.69, 9.17) is 4.74 Å². The number of rotatable bonds is 8. The number of benzene rings is 1. The van der Waals surface area contributed by atoms with E-state index < -0.39 is 0 Å². The van der Waals surface area contributed by atoms with Crippen LogP contribution in [0.3, 0.4) is 0 Å². The number of amides is 1. The Labute approximate surface area is 243 Å². The number of thiophene rings is 1. The van der Waals surface area contributed by atoms with Gasteiger partial charge in [-0.1, -0.05) is 24.3 Å². The standard InChI is InChI=1S/C33H42N4O2S/c1-24-22-36(19-20-37(24)25(2)27-6-8-28(9-7-27)29-10-15-34-16-11-29)33(3)13-17-35(18-14-33)32(38)31-30(12-21-40-31)39-23-26-4-5-26/h6-12,15-16,21,24-26H,4-5,13-14,17-20,22-23H2,1-3H3/t24-,25+/m1/s1. The number of piperazine rings is 1. The predicted molar refractivity (Wildman–Crippen MR) is 162 cm³/mol. The normalized spacial score (nSPS) is 22.7. The number of carbonyl (C=O) groups is 1. The molecule has 2 aromatic heterocycles. The molecule has 1 saturated carbocycles. The first kappa shape index (κ1) is 27.4. The Morgan fingerprint density at radius 1 is 1.02 bits per heavy atom. The quantitative estimate of drug-likeness (QED) is 0.322. The number of hydrogen-bond acceptors (Lipinski definition) is 6. The topological polar surface area (TPSA) is 48.9 Å². The summed E-state index contributed by atoms with van der Waals surface area (Å²) in [5.74, 6) is 1.61. The zero-order valence-electron chi connectivity index (χ0n) is 24.1. The highest BCUT2D eigenvalue weighted by molar-refractivity contribution is 7.12. The second-order valence-corrected chi connectivity index (χ2v) is 13.1. The lowest BCUT2D eigenvalue weighted by atomic mass is 9.86. The lowest BCUT2D eigenvalue weighted by Gasteiger charge is -2.52. The van der Waals surface area contributed by atoms with Crippen LogP contribution < -0.4 is 4.74 Å². The van der Waals surface area contributed by atoms with Gasteiger partial charge in [0, 0.05) is 62.7 Å². The van der Waals surface area contributed by atoms with E-state index in [0.29, 0.717) is 18.0 Å². The fourth-order valence-electron chi connectivity index (χ4n) is 6.44. The van der Waals surface area contributed by atoms with Crippen LogP contribution in [0.25, 0.3) is 11.1 Å². The largest absolute Gasteiger partial charge is 0.492 e. The van der Waals surface area contributed by atoms with Gasteiger partial charge in [-0.25, -0.2) is 0 Å². The van der Waals surface area contributed by atoms with E-state index in [1.165, 1.54) is 40.9 Å². The summed E-state index contributed by atoms with van der Waals surface area (Å²) >= 11 is 1.52. The van der Waals surface area contributed by atoms with Crippen molar-refractivity contribution in [1.29, 1.82) is 0 Å². The lowest BCUT2D eigenvalue weighted by Crippen LogP contribution is -2.62. The third-order valence-electron chi connectivity index (χ3n) is 9.47. The molecular weight excluding hydrogens is 516 g/mol. The van der Waals surface area contributed by atoms with Gasteiger partial charge in [0.1, 0.15) is 10.6 Å². The summed E-state index contributed by atoms with van der Waals surface area (Å²) in [4.78, 5) is 25.7. The second-order valence-electron chi connectivity index (χ2n) is 12.2. The molecule has 0 radical (unpaired) electrons. The van der Waals surface area contributed by atoms with Crippen LogP contribution in [-0.4, -0.2) is 76.5 Å². The number of piperidine rings is 1. The van der Waals surface area contributed by atoms with Crippen molar-refractivity contribution in [3.8, 4) is 16.9 Å². The molecule has 0 spiro atoms. The molecule has 3 aliphatic rings. The Morgan fingerprint density at radius 2 is 1.73 bits per heavy atom. The van der Waals surface area contributed by atoms with E-state index in [9.17, 15) is 4.79 Å². The van der Waals surface area contributed by atoms with Crippen molar-refractivity contribution in [2.45, 2.75) is 64.1 Å². The molecule has 7 heteroatoms. The van der Waals surface area contributed by atoms with Crippen molar-refractivity contribution in [2.24, 2.45) is 5.92 Å². The van der Waals surface area contributed by atoms with Crippen LogP contribution in [0.2, 0.25) is 0 Å². The Hall–Kier alpha value is -2.74. The van der Waals surface area contributed by atoms with Gasteiger partial charge in [0.2, 0.25) is 0 Å². The molecule has 6 rings (SSSR count). The summed E-state index contributed by atoms with van der Waals surface area (Å²) in [6, 6.07) is 16.0. The molecule has 2 aliphatic heterocycles. The minimum atomic E-state index is 0.132. The summed E-state index contributed by atoms with van der Waals surface area (Å²) in [7, 11) is 0. The van der Waals surface area contributed by atoms with E-state index in [1.807, 2.05) is 23.8 Å². The average molecular weight is 559 g/mol. The molecule has 0 N–H and O–H groups in total. The second kappa shape index (κ2) is 11.6. The summed E-state index contributed by atoms with van der Waals surface area (Å²) in [6.45, 7) is 12.7. The van der Waals surface area contributed by atoms with Gasteiger partial charge in [-0.2, -0.15) is 0 Å². The molecule has 0 bridgehead atoms. The molecule has 3 fully saturated rings. The van der Waals surface area contributed by atoms with Crippen LogP contribution in [0.5, 0.6) is 5.75 Å². The van der Waals surface area contributed by atoms with Crippen molar-refractivity contribution in [3.05, 3.63) is 70.7 Å². The van der Waals surface area contributed by atoms with Crippen LogP contribution in [-0.2, 0) is 0 Å². The van der Waals surface area contributed by atoms with Gasteiger partial charge in [0.05, 0.1) is 6.61 Å². The first-order valence-corrected chi connectivity index (χ1v) is 15.8. The Bertz CT molecular complexity index is 1280. The Kier molecular flexibility index (Phi) is 7.98. The van der Waals surface area contributed by atoms with Gasteiger partial charge in [-0.3, -0.25) is 19.6 Å². The van der Waals surface area contributed by atoms with Crippen LogP contribution in [0, 0.1) is 5.92 Å². The molecule has 2 saturated heterocycles. The fraction of sp³-hybridized carbons (Fsp3) is 0.515. The van der Waals surface area contributed by atoms with Crippen molar-refractivity contribution < 1.29 is 9.53 Å². The lowest BCUT2D eigenvalue weighted by molar-refractivity contribution is -0.0277. The highest BCUT2D eigenvalue weighted by atomic mass is 32.1. The molecule has 6 nitrogen and oxygen atoms in total. The molecule has 2 atom stereocenters. The number of hydrogen-bond donors (Lipinski definition) is 0. The smallest absolute Gasteiger partial charge is 0.267 e. The number of pyridine rings is 1. The molecule has 3 aromatic rings. The van der Waals surface area contributed by atoms with E-state index in [-0.39, 0.29) is 11.4 Å². The minimum Gasteiger partial charge on any atom is -0.492 e. The van der Waals surface area contributed by atoms with Crippen LogP contribution in [0.4, 0.5) is 0 Å². The molecule has 40 heavy (non-hydrogen) atoms. The van der Waals surface area contributed by atoms with Gasteiger partial charge in [0.25, 0.3) is 5.91 Å². The summed E-state index contributed by atoms with van der Waals surface area (Å²) in [6.07, 6.45) is 8.23. The van der Waals surface area contributed by atoms with Crippen LogP contribution in [0.1, 0.15) is 67.7 Å². The highest BCUT2D eigenvalue weighted by Crippen LogP contribution is 2.36. The molecule has 0 unspecified atom stereocenters. The van der Waals surface area contributed by atoms with Crippen LogP contribution >= 0.6 is 11.3 Å². The van der Waals surface area contributed by atoms with Crippen molar-refractivity contribution in [3.63, 3.8) is 0 Å². The van der Waals surface area contributed by atoms with E-state index >= 15 is 0 Å². The molecule has 212 valence electrons. The van der Waals surface area contributed by atoms with E-state index in [1.54, 1.807) is 0 Å². The summed E-state index contributed by atoms with van der Waals surface area (Å²) in [5, 5.41) is 1.99. The number of likely N-dealkylation sites (tertiary alicyclic amines) is 1. The summed E-state index contributed by atoms with van der Waals surface area (Å²) < 4.78 is 6.00. The maximum absolute atomic E-state index is 13.4. The maximum atomic E-state index is 13.4. The predicted octanol–water partition coefficient (Wildman–Crippen LogP) is 6.36. The van der Waals surface area contributed by atoms with Gasteiger partial charge in [0.15, 0.2) is 0 Å². The Balaban J connectivity index is 1.03. The molecule has 1 aliphatic carbocycles. The average Bonchev–Trinajstić information content (AvgIpc) is 3.71. The van der Waals surface area contributed by atoms with E-state index in [2.05, 4.69) is 76.9 Å². The van der Waals surface area contributed by atoms with Gasteiger partial charge < -0.3 is 9.64 Å². The maximum Gasteiger partial charge on any atom is 0.267 e. The van der Waals surface area contributed by atoms with Gasteiger partial charge in [-0.15, -0.1) is 11.3 Å².